The zero-order valence-corrected chi connectivity index (χ0v) is 20.9. The largest absolute Gasteiger partial charge is 0.364 e. The summed E-state index contributed by atoms with van der Waals surface area (Å²) in [6.07, 6.45) is 20.0. The number of carbonyl (C=O) groups excluding carboxylic acids is 1. The Labute approximate surface area is 221 Å². The Morgan fingerprint density at radius 2 is 1.79 bits per heavy atom. The molecule has 184 valence electrons. The van der Waals surface area contributed by atoms with Gasteiger partial charge in [0.15, 0.2) is 5.78 Å². The van der Waals surface area contributed by atoms with Gasteiger partial charge in [0.25, 0.3) is 0 Å². The van der Waals surface area contributed by atoms with Crippen molar-refractivity contribution in [3.63, 3.8) is 0 Å². The zero-order chi connectivity index (χ0) is 25.5. The minimum atomic E-state index is -0.223. The summed E-state index contributed by atoms with van der Waals surface area (Å²) >= 11 is 0. The Bertz CT molecular complexity index is 1760. The van der Waals surface area contributed by atoms with E-state index in [0.717, 1.165) is 29.8 Å². The normalized spacial score (nSPS) is 19.0. The first-order valence-electron chi connectivity index (χ1n) is 13.1. The molecule has 4 heteroatoms. The SMILES string of the molecule is O=C(c1ccc(-n2cccn2)cc1)C1C=c2c(ccc3c2=CCc2ccccc2-3)C(C2=CC=CC=CN2)C1. The quantitative estimate of drug-likeness (QED) is 0.398. The van der Waals surface area contributed by atoms with Crippen molar-refractivity contribution < 1.29 is 4.79 Å². The van der Waals surface area contributed by atoms with Gasteiger partial charge in [-0.15, -0.1) is 0 Å². The average Bonchev–Trinajstić information content (AvgIpc) is 3.38. The standard InChI is InChI=1S/C34H27N3O/c38-34(24-10-13-26(14-11-24)37-20-6-19-36-37)25-21-31-29-15-12-23-7-3-4-8-27(23)28(29)16-17-30(31)32(22-25)33-9-2-1-5-18-35-33/h1-11,13-21,25,32,35H,12,22H2. The third-order valence-corrected chi connectivity index (χ3v) is 7.86. The summed E-state index contributed by atoms with van der Waals surface area (Å²) in [6, 6.07) is 22.8. The van der Waals surface area contributed by atoms with Gasteiger partial charge in [-0.2, -0.15) is 5.10 Å². The van der Waals surface area contributed by atoms with Crippen molar-refractivity contribution >= 4 is 17.9 Å². The number of benzene rings is 3. The number of rotatable bonds is 4. The van der Waals surface area contributed by atoms with Crippen molar-refractivity contribution in [1.82, 2.24) is 15.1 Å². The van der Waals surface area contributed by atoms with Gasteiger partial charge in [0.2, 0.25) is 0 Å². The molecule has 1 aromatic heterocycles. The Morgan fingerprint density at radius 3 is 2.66 bits per heavy atom. The minimum absolute atomic E-state index is 0.0931. The van der Waals surface area contributed by atoms with E-state index < -0.39 is 0 Å². The summed E-state index contributed by atoms with van der Waals surface area (Å²) in [6.45, 7) is 0. The molecule has 0 fully saturated rings. The van der Waals surface area contributed by atoms with Crippen LogP contribution in [0.4, 0.5) is 0 Å². The van der Waals surface area contributed by atoms with Crippen LogP contribution in [-0.2, 0) is 6.42 Å². The van der Waals surface area contributed by atoms with Gasteiger partial charge in [0.1, 0.15) is 0 Å². The van der Waals surface area contributed by atoms with Crippen molar-refractivity contribution in [1.29, 1.82) is 0 Å². The van der Waals surface area contributed by atoms with Crippen LogP contribution in [0.25, 0.3) is 29.0 Å². The second kappa shape index (κ2) is 9.31. The van der Waals surface area contributed by atoms with E-state index in [0.29, 0.717) is 0 Å². The van der Waals surface area contributed by atoms with E-state index in [1.54, 1.807) is 10.9 Å². The monoisotopic (exact) mass is 493 g/mol. The molecule has 0 amide bonds. The van der Waals surface area contributed by atoms with Gasteiger partial charge in [0, 0.05) is 41.7 Å². The highest BCUT2D eigenvalue weighted by Gasteiger charge is 2.31. The number of fused-ring (bicyclic) bond motifs is 5. The summed E-state index contributed by atoms with van der Waals surface area (Å²) in [5.41, 5.74) is 7.95. The molecule has 2 unspecified atom stereocenters. The topological polar surface area (TPSA) is 46.9 Å². The van der Waals surface area contributed by atoms with Gasteiger partial charge in [0.05, 0.1) is 5.69 Å². The number of hydrogen-bond acceptors (Lipinski definition) is 3. The highest BCUT2D eigenvalue weighted by molar-refractivity contribution is 6.01. The predicted molar refractivity (Wildman–Crippen MR) is 152 cm³/mol. The van der Waals surface area contributed by atoms with E-state index in [1.165, 1.54) is 32.7 Å². The highest BCUT2D eigenvalue weighted by Crippen LogP contribution is 2.35. The zero-order valence-electron chi connectivity index (χ0n) is 20.9. The maximum Gasteiger partial charge on any atom is 0.169 e. The van der Waals surface area contributed by atoms with Crippen molar-refractivity contribution in [2.45, 2.75) is 18.8 Å². The summed E-state index contributed by atoms with van der Waals surface area (Å²) in [7, 11) is 0. The molecule has 4 aromatic rings. The van der Waals surface area contributed by atoms with Gasteiger partial charge in [-0.3, -0.25) is 4.79 Å². The van der Waals surface area contributed by atoms with Crippen molar-refractivity contribution in [2.24, 2.45) is 5.92 Å². The molecule has 7 rings (SSSR count). The highest BCUT2D eigenvalue weighted by atomic mass is 16.1. The van der Waals surface area contributed by atoms with Gasteiger partial charge in [-0.1, -0.05) is 60.7 Å². The van der Waals surface area contributed by atoms with E-state index in [4.69, 9.17) is 0 Å². The number of hydrogen-bond donors (Lipinski definition) is 1. The lowest BCUT2D eigenvalue weighted by atomic mass is 9.75. The molecule has 1 N–H and O–H groups in total. The molecule has 1 aliphatic heterocycles. The summed E-state index contributed by atoms with van der Waals surface area (Å²) in [5, 5.41) is 10.2. The molecule has 3 aliphatic rings. The fourth-order valence-electron chi connectivity index (χ4n) is 6.00. The van der Waals surface area contributed by atoms with E-state index in [9.17, 15) is 4.79 Å². The number of nitrogens with one attached hydrogen (secondary N) is 1. The third-order valence-electron chi connectivity index (χ3n) is 7.86. The molecule has 4 nitrogen and oxygen atoms in total. The fourth-order valence-corrected chi connectivity index (χ4v) is 6.00. The second-order valence-corrected chi connectivity index (χ2v) is 10.0. The number of ketones is 1. The van der Waals surface area contributed by atoms with Crippen LogP contribution in [-0.4, -0.2) is 15.6 Å². The number of allylic oxidation sites excluding steroid dienone is 5. The molecule has 38 heavy (non-hydrogen) atoms. The molecule has 0 bridgehead atoms. The maximum absolute atomic E-state index is 13.9. The van der Waals surface area contributed by atoms with Crippen molar-refractivity contribution in [3.05, 3.63) is 142 Å². The lowest BCUT2D eigenvalue weighted by Crippen LogP contribution is -2.39. The Hall–Kier alpha value is -4.70. The van der Waals surface area contributed by atoms with E-state index >= 15 is 0 Å². The first-order chi connectivity index (χ1) is 18.8. The predicted octanol–water partition coefficient (Wildman–Crippen LogP) is 5.20. The van der Waals surface area contributed by atoms with Crippen LogP contribution in [0.5, 0.6) is 0 Å². The molecule has 0 radical (unpaired) electrons. The summed E-state index contributed by atoms with van der Waals surface area (Å²) < 4.78 is 1.80. The third kappa shape index (κ3) is 3.86. The molecular weight excluding hydrogens is 466 g/mol. The minimum Gasteiger partial charge on any atom is -0.364 e. The molecule has 2 atom stereocenters. The molecular formula is C34H27N3O. The lowest BCUT2D eigenvalue weighted by Gasteiger charge is -2.30. The van der Waals surface area contributed by atoms with Crippen LogP contribution < -0.4 is 15.8 Å². The summed E-state index contributed by atoms with van der Waals surface area (Å²) in [5.74, 6) is 0.0244. The van der Waals surface area contributed by atoms with Gasteiger partial charge in [-0.25, -0.2) is 4.68 Å². The fraction of sp³-hybridized carbons (Fsp3) is 0.118. The van der Waals surface area contributed by atoms with Crippen LogP contribution in [0.1, 0.15) is 33.8 Å². The van der Waals surface area contributed by atoms with Crippen molar-refractivity contribution in [3.8, 4) is 16.8 Å². The molecule has 0 saturated carbocycles. The number of aromatic nitrogens is 2. The van der Waals surface area contributed by atoms with E-state index in [2.05, 4.69) is 71.1 Å². The molecule has 2 aliphatic carbocycles. The first-order valence-corrected chi connectivity index (χ1v) is 13.1. The smallest absolute Gasteiger partial charge is 0.169 e. The van der Waals surface area contributed by atoms with E-state index in [1.807, 2.05) is 54.9 Å². The van der Waals surface area contributed by atoms with Gasteiger partial charge < -0.3 is 5.32 Å². The van der Waals surface area contributed by atoms with Crippen molar-refractivity contribution in [2.75, 3.05) is 0 Å². The molecule has 3 aromatic carbocycles. The number of Topliss-reactive ketones (excluding diaryl/α,β-unsaturated/α-hetero) is 1. The maximum atomic E-state index is 13.9. The van der Waals surface area contributed by atoms with E-state index in [-0.39, 0.29) is 17.6 Å². The molecule has 0 saturated heterocycles. The average molecular weight is 494 g/mol. The van der Waals surface area contributed by atoms with Crippen LogP contribution in [0.2, 0.25) is 0 Å². The first kappa shape index (κ1) is 22.5. The summed E-state index contributed by atoms with van der Waals surface area (Å²) in [4.78, 5) is 13.9. The second-order valence-electron chi connectivity index (χ2n) is 10.0. The van der Waals surface area contributed by atoms with Crippen LogP contribution in [0.3, 0.4) is 0 Å². The Morgan fingerprint density at radius 1 is 0.895 bits per heavy atom. The number of carbonyl (C=O) groups is 1. The van der Waals surface area contributed by atoms with Crippen LogP contribution in [0, 0.1) is 5.92 Å². The lowest BCUT2D eigenvalue weighted by molar-refractivity contribution is 0.0944. The Kier molecular flexibility index (Phi) is 5.51. The molecule has 2 heterocycles. The van der Waals surface area contributed by atoms with Gasteiger partial charge >= 0.3 is 0 Å². The van der Waals surface area contributed by atoms with Gasteiger partial charge in [-0.05, 0) is 88.0 Å². The van der Waals surface area contributed by atoms with Crippen LogP contribution >= 0.6 is 0 Å². The number of nitrogens with zero attached hydrogens (tertiary/aromatic N) is 2. The molecule has 0 spiro atoms. The van der Waals surface area contributed by atoms with Crippen LogP contribution in [0.15, 0.2) is 115 Å². The Balaban J connectivity index is 1.35.